The van der Waals surface area contributed by atoms with Crippen molar-refractivity contribution < 1.29 is 26.0 Å². The Bertz CT molecular complexity index is 942. The Balaban J connectivity index is 1.51. The molecule has 0 unspecified atom stereocenters. The highest BCUT2D eigenvalue weighted by atomic mass is 32.2. The number of rotatable bonds is 6. The molecule has 3 rings (SSSR count). The molecule has 5 nitrogen and oxygen atoms in total. The van der Waals surface area contributed by atoms with Crippen molar-refractivity contribution in [3.63, 3.8) is 0 Å². The van der Waals surface area contributed by atoms with Crippen molar-refractivity contribution >= 4 is 15.7 Å². The molecule has 10 heteroatoms. The summed E-state index contributed by atoms with van der Waals surface area (Å²) >= 11 is 0. The molecule has 1 heterocycles. The standard InChI is InChI=1S/C19H21F4N3O2S/c20-17-6-1-2-7-18(17)26-12-10-25(11-13-26)9-8-24-29(27,28)16-5-3-4-15(14-16)19(21,22)23/h1-7,14,24H,8-13H2. The van der Waals surface area contributed by atoms with E-state index in [1.54, 1.807) is 18.2 Å². The van der Waals surface area contributed by atoms with Crippen LogP contribution in [0, 0.1) is 5.82 Å². The number of nitrogens with one attached hydrogen (secondary N) is 1. The average Bonchev–Trinajstić information content (AvgIpc) is 2.68. The third-order valence-electron chi connectivity index (χ3n) is 4.76. The van der Waals surface area contributed by atoms with E-state index in [4.69, 9.17) is 0 Å². The van der Waals surface area contributed by atoms with E-state index >= 15 is 0 Å². The van der Waals surface area contributed by atoms with Gasteiger partial charge in [-0.2, -0.15) is 13.2 Å². The number of para-hydroxylation sites is 1. The molecule has 1 saturated heterocycles. The molecule has 0 bridgehead atoms. The van der Waals surface area contributed by atoms with E-state index < -0.39 is 26.7 Å². The lowest BCUT2D eigenvalue weighted by Gasteiger charge is -2.36. The maximum atomic E-state index is 13.9. The smallest absolute Gasteiger partial charge is 0.367 e. The Morgan fingerprint density at radius 2 is 1.66 bits per heavy atom. The summed E-state index contributed by atoms with van der Waals surface area (Å²) in [6.45, 7) is 2.92. The molecule has 0 saturated carbocycles. The van der Waals surface area contributed by atoms with Crippen LogP contribution in [0.1, 0.15) is 5.56 Å². The summed E-state index contributed by atoms with van der Waals surface area (Å²) in [5, 5.41) is 0. The van der Waals surface area contributed by atoms with Gasteiger partial charge in [-0.15, -0.1) is 0 Å². The number of nitrogens with zero attached hydrogens (tertiary/aromatic N) is 2. The normalized spacial score (nSPS) is 16.2. The SMILES string of the molecule is O=S(=O)(NCCN1CCN(c2ccccc2F)CC1)c1cccc(C(F)(F)F)c1. The largest absolute Gasteiger partial charge is 0.416 e. The van der Waals surface area contributed by atoms with E-state index in [-0.39, 0.29) is 12.4 Å². The molecule has 2 aromatic carbocycles. The van der Waals surface area contributed by atoms with Crippen molar-refractivity contribution in [1.29, 1.82) is 0 Å². The lowest BCUT2D eigenvalue weighted by atomic mass is 10.2. The van der Waals surface area contributed by atoms with Crippen LogP contribution in [0.15, 0.2) is 53.4 Å². The van der Waals surface area contributed by atoms with Crippen molar-refractivity contribution in [1.82, 2.24) is 9.62 Å². The molecule has 1 fully saturated rings. The van der Waals surface area contributed by atoms with Crippen molar-refractivity contribution in [2.75, 3.05) is 44.2 Å². The first-order valence-electron chi connectivity index (χ1n) is 9.05. The second-order valence-corrected chi connectivity index (χ2v) is 8.47. The van der Waals surface area contributed by atoms with Crippen LogP contribution in [0.25, 0.3) is 0 Å². The van der Waals surface area contributed by atoms with Crippen molar-refractivity contribution in [2.45, 2.75) is 11.1 Å². The summed E-state index contributed by atoms with van der Waals surface area (Å²) in [5.41, 5.74) is -0.470. The van der Waals surface area contributed by atoms with Crippen LogP contribution in [0.3, 0.4) is 0 Å². The summed E-state index contributed by atoms with van der Waals surface area (Å²) < 4.78 is 79.1. The minimum Gasteiger partial charge on any atom is -0.367 e. The Labute approximate surface area is 167 Å². The maximum Gasteiger partial charge on any atom is 0.416 e. The number of halogens is 4. The highest BCUT2D eigenvalue weighted by Gasteiger charge is 2.31. The van der Waals surface area contributed by atoms with E-state index in [1.165, 1.54) is 6.07 Å². The summed E-state index contributed by atoms with van der Waals surface area (Å²) in [6, 6.07) is 10.2. The lowest BCUT2D eigenvalue weighted by Crippen LogP contribution is -2.48. The topological polar surface area (TPSA) is 52.7 Å². The van der Waals surface area contributed by atoms with Crippen LogP contribution in [0.5, 0.6) is 0 Å². The van der Waals surface area contributed by atoms with Gasteiger partial charge in [0.2, 0.25) is 10.0 Å². The van der Waals surface area contributed by atoms with Crippen molar-refractivity contribution in [2.24, 2.45) is 0 Å². The van der Waals surface area contributed by atoms with E-state index in [9.17, 15) is 26.0 Å². The lowest BCUT2D eigenvalue weighted by molar-refractivity contribution is -0.137. The van der Waals surface area contributed by atoms with Crippen LogP contribution < -0.4 is 9.62 Å². The highest BCUT2D eigenvalue weighted by molar-refractivity contribution is 7.89. The van der Waals surface area contributed by atoms with Crippen molar-refractivity contribution in [3.05, 3.63) is 59.9 Å². The summed E-state index contributed by atoms with van der Waals surface area (Å²) in [6.07, 6.45) is -4.61. The molecular formula is C19H21F4N3O2S. The second kappa shape index (κ2) is 8.68. The fourth-order valence-corrected chi connectivity index (χ4v) is 4.25. The average molecular weight is 431 g/mol. The first kappa shape index (κ1) is 21.5. The quantitative estimate of drug-likeness (QED) is 0.715. The maximum absolute atomic E-state index is 13.9. The molecule has 2 aromatic rings. The highest BCUT2D eigenvalue weighted by Crippen LogP contribution is 2.30. The summed E-state index contributed by atoms with van der Waals surface area (Å²) in [7, 11) is -4.04. The number of hydrogen-bond donors (Lipinski definition) is 1. The van der Waals surface area contributed by atoms with Crippen LogP contribution in [-0.2, 0) is 16.2 Å². The number of piperazine rings is 1. The molecule has 0 aliphatic carbocycles. The van der Waals surface area contributed by atoms with E-state index in [0.717, 1.165) is 18.2 Å². The fourth-order valence-electron chi connectivity index (χ4n) is 3.18. The first-order chi connectivity index (χ1) is 13.7. The zero-order chi connectivity index (χ0) is 21.1. The van der Waals surface area contributed by atoms with Crippen LogP contribution in [0.4, 0.5) is 23.2 Å². The van der Waals surface area contributed by atoms with Gasteiger partial charge in [0.1, 0.15) is 5.82 Å². The number of sulfonamides is 1. The minimum atomic E-state index is -4.61. The molecule has 29 heavy (non-hydrogen) atoms. The van der Waals surface area contributed by atoms with Gasteiger partial charge in [0, 0.05) is 39.3 Å². The zero-order valence-corrected chi connectivity index (χ0v) is 16.3. The van der Waals surface area contributed by atoms with Gasteiger partial charge in [-0.1, -0.05) is 18.2 Å². The van der Waals surface area contributed by atoms with Gasteiger partial charge < -0.3 is 4.90 Å². The molecule has 1 aliphatic heterocycles. The predicted molar refractivity (Wildman–Crippen MR) is 102 cm³/mol. The Kier molecular flexibility index (Phi) is 6.45. The van der Waals surface area contributed by atoms with Gasteiger partial charge in [0.15, 0.2) is 0 Å². The third-order valence-corrected chi connectivity index (χ3v) is 6.22. The number of anilines is 1. The monoisotopic (exact) mass is 431 g/mol. The molecule has 0 radical (unpaired) electrons. The van der Waals surface area contributed by atoms with Gasteiger partial charge in [-0.25, -0.2) is 17.5 Å². The number of benzene rings is 2. The molecule has 0 amide bonds. The van der Waals surface area contributed by atoms with Gasteiger partial charge >= 0.3 is 6.18 Å². The molecule has 0 atom stereocenters. The summed E-state index contributed by atoms with van der Waals surface area (Å²) in [5.74, 6) is -0.283. The van der Waals surface area contributed by atoms with E-state index in [0.29, 0.717) is 44.5 Å². The zero-order valence-electron chi connectivity index (χ0n) is 15.5. The molecule has 1 aliphatic rings. The predicted octanol–water partition coefficient (Wildman–Crippen LogP) is 2.95. The number of alkyl halides is 3. The van der Waals surface area contributed by atoms with Crippen LogP contribution >= 0.6 is 0 Å². The Hall–Kier alpha value is -2.17. The Morgan fingerprint density at radius 3 is 2.31 bits per heavy atom. The van der Waals surface area contributed by atoms with E-state index in [1.807, 2.05) is 9.80 Å². The number of hydrogen-bond acceptors (Lipinski definition) is 4. The van der Waals surface area contributed by atoms with Crippen LogP contribution in [-0.4, -0.2) is 52.6 Å². The first-order valence-corrected chi connectivity index (χ1v) is 10.5. The van der Waals surface area contributed by atoms with Gasteiger partial charge in [0.05, 0.1) is 16.1 Å². The minimum absolute atomic E-state index is 0.0677. The summed E-state index contributed by atoms with van der Waals surface area (Å²) in [4.78, 5) is 3.53. The molecule has 0 aromatic heterocycles. The van der Waals surface area contributed by atoms with Crippen LogP contribution in [0.2, 0.25) is 0 Å². The second-order valence-electron chi connectivity index (χ2n) is 6.70. The Morgan fingerprint density at radius 1 is 0.966 bits per heavy atom. The van der Waals surface area contributed by atoms with Gasteiger partial charge in [0.25, 0.3) is 0 Å². The van der Waals surface area contributed by atoms with Crippen molar-refractivity contribution in [3.8, 4) is 0 Å². The van der Waals surface area contributed by atoms with Gasteiger partial charge in [-0.05, 0) is 30.3 Å². The molecule has 1 N–H and O–H groups in total. The molecule has 0 spiro atoms. The molecular weight excluding hydrogens is 410 g/mol. The molecule has 158 valence electrons. The third kappa shape index (κ3) is 5.46. The van der Waals surface area contributed by atoms with E-state index in [2.05, 4.69) is 4.72 Å². The van der Waals surface area contributed by atoms with Gasteiger partial charge in [-0.3, -0.25) is 4.90 Å². The fraction of sp³-hybridized carbons (Fsp3) is 0.368.